The van der Waals surface area contributed by atoms with Gasteiger partial charge in [-0.05, 0) is 43.9 Å². The predicted molar refractivity (Wildman–Crippen MR) is 83.3 cm³/mol. The molecule has 2 saturated carbocycles. The van der Waals surface area contributed by atoms with E-state index in [2.05, 4.69) is 5.32 Å². The SMILES string of the molecule is O=C(NC1CC2CCC1C2)OCCCCCCC(F)(F)S(=O)(=O)O. The summed E-state index contributed by atoms with van der Waals surface area (Å²) in [6.07, 6.45) is 4.75. The standard InChI is InChI=1S/C15H25F2NO5S/c16-15(17,24(20,21)22)7-3-1-2-4-8-23-14(19)18-13-10-11-5-6-12(13)9-11/h11-13H,1-10H2,(H,18,19)(H,20,21,22). The second-order valence-corrected chi connectivity index (χ2v) is 8.39. The highest BCUT2D eigenvalue weighted by molar-refractivity contribution is 7.86. The summed E-state index contributed by atoms with van der Waals surface area (Å²) in [4.78, 5) is 11.7. The van der Waals surface area contributed by atoms with Gasteiger partial charge in [0.25, 0.3) is 0 Å². The van der Waals surface area contributed by atoms with Crippen molar-refractivity contribution in [1.82, 2.24) is 5.32 Å². The molecule has 2 aliphatic rings. The Morgan fingerprint density at radius 2 is 1.88 bits per heavy atom. The molecule has 0 aromatic rings. The minimum Gasteiger partial charge on any atom is -0.450 e. The molecule has 0 radical (unpaired) electrons. The third-order valence-electron chi connectivity index (χ3n) is 5.01. The number of rotatable bonds is 9. The average molecular weight is 369 g/mol. The lowest BCUT2D eigenvalue weighted by Gasteiger charge is -2.22. The van der Waals surface area contributed by atoms with Crippen LogP contribution < -0.4 is 5.32 Å². The van der Waals surface area contributed by atoms with E-state index in [4.69, 9.17) is 9.29 Å². The maximum absolute atomic E-state index is 13.0. The van der Waals surface area contributed by atoms with Gasteiger partial charge in [0, 0.05) is 12.5 Å². The highest BCUT2D eigenvalue weighted by Gasteiger charge is 2.43. The maximum Gasteiger partial charge on any atom is 0.407 e. The van der Waals surface area contributed by atoms with Gasteiger partial charge < -0.3 is 10.1 Å². The van der Waals surface area contributed by atoms with Gasteiger partial charge in [-0.1, -0.05) is 19.3 Å². The number of fused-ring (bicyclic) bond motifs is 2. The second kappa shape index (κ2) is 7.95. The monoisotopic (exact) mass is 369 g/mol. The molecule has 2 rings (SSSR count). The van der Waals surface area contributed by atoms with Gasteiger partial charge in [0.15, 0.2) is 0 Å². The summed E-state index contributed by atoms with van der Waals surface area (Å²) in [6.45, 7) is 0.210. The molecule has 2 N–H and O–H groups in total. The zero-order valence-electron chi connectivity index (χ0n) is 13.5. The molecule has 1 amide bonds. The molecule has 0 saturated heterocycles. The Balaban J connectivity index is 1.49. The molecule has 3 atom stereocenters. The molecule has 6 nitrogen and oxygen atoms in total. The largest absolute Gasteiger partial charge is 0.450 e. The van der Waals surface area contributed by atoms with Crippen LogP contribution in [-0.2, 0) is 14.9 Å². The minimum atomic E-state index is -5.34. The van der Waals surface area contributed by atoms with Crippen LogP contribution >= 0.6 is 0 Å². The van der Waals surface area contributed by atoms with Crippen LogP contribution in [0.3, 0.4) is 0 Å². The molecule has 0 spiro atoms. The van der Waals surface area contributed by atoms with Gasteiger partial charge in [0.2, 0.25) is 0 Å². The van der Waals surface area contributed by atoms with E-state index in [1.807, 2.05) is 0 Å². The van der Waals surface area contributed by atoms with Crippen LogP contribution in [-0.4, -0.2) is 37.0 Å². The maximum atomic E-state index is 13.0. The molecule has 2 fully saturated rings. The summed E-state index contributed by atoms with van der Waals surface area (Å²) >= 11 is 0. The number of carbonyl (C=O) groups excluding carboxylic acids is 1. The Morgan fingerprint density at radius 3 is 2.46 bits per heavy atom. The third kappa shape index (κ3) is 5.27. The summed E-state index contributed by atoms with van der Waals surface area (Å²) in [5.41, 5.74) is 0. The normalized spacial score (nSPS) is 26.5. The van der Waals surface area contributed by atoms with Gasteiger partial charge in [0.1, 0.15) is 0 Å². The van der Waals surface area contributed by atoms with E-state index >= 15 is 0 Å². The van der Waals surface area contributed by atoms with Crippen molar-refractivity contribution < 1.29 is 31.3 Å². The van der Waals surface area contributed by atoms with E-state index < -0.39 is 27.9 Å². The van der Waals surface area contributed by atoms with Gasteiger partial charge in [-0.2, -0.15) is 17.2 Å². The van der Waals surface area contributed by atoms with Crippen molar-refractivity contribution in [2.75, 3.05) is 6.61 Å². The summed E-state index contributed by atoms with van der Waals surface area (Å²) in [6, 6.07) is 0.221. The molecule has 2 aliphatic carbocycles. The minimum absolute atomic E-state index is 0.0237. The number of carbonyl (C=O) groups is 1. The third-order valence-corrected chi connectivity index (χ3v) is 5.97. The molecule has 0 heterocycles. The highest BCUT2D eigenvalue weighted by Crippen LogP contribution is 2.44. The van der Waals surface area contributed by atoms with Gasteiger partial charge in [-0.25, -0.2) is 4.79 Å². The summed E-state index contributed by atoms with van der Waals surface area (Å²) in [7, 11) is -5.34. The molecule has 2 bridgehead atoms. The number of halogens is 2. The Kier molecular flexibility index (Phi) is 6.41. The van der Waals surface area contributed by atoms with E-state index in [9.17, 15) is 22.0 Å². The van der Waals surface area contributed by atoms with E-state index in [1.54, 1.807) is 0 Å². The van der Waals surface area contributed by atoms with E-state index in [-0.39, 0.29) is 19.1 Å². The Morgan fingerprint density at radius 1 is 1.17 bits per heavy atom. The first-order valence-corrected chi connectivity index (χ1v) is 9.91. The number of nitrogens with one attached hydrogen (secondary N) is 1. The van der Waals surface area contributed by atoms with Crippen LogP contribution in [0.4, 0.5) is 13.6 Å². The van der Waals surface area contributed by atoms with Crippen molar-refractivity contribution in [3.63, 3.8) is 0 Å². The van der Waals surface area contributed by atoms with Crippen LogP contribution in [0.25, 0.3) is 0 Å². The number of alkyl carbamates (subject to hydrolysis) is 1. The number of amides is 1. The average Bonchev–Trinajstić information content (AvgIpc) is 3.07. The van der Waals surface area contributed by atoms with Crippen LogP contribution in [0.1, 0.15) is 57.8 Å². The molecule has 140 valence electrons. The second-order valence-electron chi connectivity index (χ2n) is 6.84. The number of ether oxygens (including phenoxy) is 1. The van der Waals surface area contributed by atoms with Crippen LogP contribution in [0, 0.1) is 11.8 Å². The van der Waals surface area contributed by atoms with Gasteiger partial charge in [0.05, 0.1) is 6.61 Å². The first kappa shape index (κ1) is 19.4. The van der Waals surface area contributed by atoms with Crippen molar-refractivity contribution in [1.29, 1.82) is 0 Å². The van der Waals surface area contributed by atoms with Gasteiger partial charge >= 0.3 is 21.5 Å². The molecule has 9 heteroatoms. The Bertz CT molecular complexity index is 540. The van der Waals surface area contributed by atoms with E-state index in [0.717, 1.165) is 12.3 Å². The van der Waals surface area contributed by atoms with Crippen molar-refractivity contribution in [2.45, 2.75) is 69.1 Å². The number of hydrogen-bond acceptors (Lipinski definition) is 4. The molecule has 0 aromatic carbocycles. The van der Waals surface area contributed by atoms with Crippen molar-refractivity contribution in [3.05, 3.63) is 0 Å². The molecular formula is C15H25F2NO5S. The lowest BCUT2D eigenvalue weighted by atomic mass is 9.96. The quantitative estimate of drug-likeness (QED) is 0.480. The Hall–Kier alpha value is -0.960. The molecule has 0 aromatic heterocycles. The highest BCUT2D eigenvalue weighted by atomic mass is 32.2. The van der Waals surface area contributed by atoms with Crippen LogP contribution in [0.5, 0.6) is 0 Å². The summed E-state index contributed by atoms with van der Waals surface area (Å²) in [5, 5.41) is -1.20. The van der Waals surface area contributed by atoms with Crippen LogP contribution in [0.2, 0.25) is 0 Å². The van der Waals surface area contributed by atoms with Gasteiger partial charge in [-0.3, -0.25) is 4.55 Å². The fraction of sp³-hybridized carbons (Fsp3) is 0.933. The van der Waals surface area contributed by atoms with Crippen molar-refractivity contribution >= 4 is 16.2 Å². The molecule has 24 heavy (non-hydrogen) atoms. The number of unbranched alkanes of at least 4 members (excludes halogenated alkanes) is 3. The lowest BCUT2D eigenvalue weighted by molar-refractivity contribution is 0.0681. The molecule has 3 unspecified atom stereocenters. The lowest BCUT2D eigenvalue weighted by Crippen LogP contribution is -2.38. The van der Waals surface area contributed by atoms with Crippen molar-refractivity contribution in [2.24, 2.45) is 11.8 Å². The first-order chi connectivity index (χ1) is 11.2. The zero-order valence-corrected chi connectivity index (χ0v) is 14.4. The topological polar surface area (TPSA) is 92.7 Å². The van der Waals surface area contributed by atoms with Gasteiger partial charge in [-0.15, -0.1) is 0 Å². The van der Waals surface area contributed by atoms with Crippen LogP contribution in [0.15, 0.2) is 0 Å². The molecule has 0 aliphatic heterocycles. The summed E-state index contributed by atoms with van der Waals surface area (Å²) in [5.74, 6) is 1.31. The zero-order chi connectivity index (χ0) is 17.8. The van der Waals surface area contributed by atoms with E-state index in [0.29, 0.717) is 25.2 Å². The molecular weight excluding hydrogens is 344 g/mol. The van der Waals surface area contributed by atoms with E-state index in [1.165, 1.54) is 19.3 Å². The fourth-order valence-electron chi connectivity index (χ4n) is 3.69. The fourth-order valence-corrected chi connectivity index (χ4v) is 4.10. The predicted octanol–water partition coefficient (Wildman–Crippen LogP) is 3.33. The number of alkyl halides is 2. The Labute approximate surface area is 141 Å². The van der Waals surface area contributed by atoms with Crippen molar-refractivity contribution in [3.8, 4) is 0 Å². The number of hydrogen-bond donors (Lipinski definition) is 2. The summed E-state index contributed by atoms with van der Waals surface area (Å²) < 4.78 is 60.2. The smallest absolute Gasteiger partial charge is 0.407 e. The first-order valence-electron chi connectivity index (χ1n) is 8.47.